The van der Waals surface area contributed by atoms with Crippen molar-refractivity contribution >= 4 is 24.2 Å². The van der Waals surface area contributed by atoms with Crippen molar-refractivity contribution in [2.24, 2.45) is 5.92 Å². The minimum Gasteiger partial charge on any atom is -0.504 e. The molecule has 3 heterocycles. The van der Waals surface area contributed by atoms with Crippen LogP contribution in [0.15, 0.2) is 36.4 Å². The van der Waals surface area contributed by atoms with Gasteiger partial charge in [0.25, 0.3) is 0 Å². The maximum absolute atomic E-state index is 13.3. The number of hydrogen-bond acceptors (Lipinski definition) is 6. The number of likely N-dealkylation sites (tertiary alicyclic amines) is 1. The molecule has 3 N–H and O–H groups in total. The van der Waals surface area contributed by atoms with Crippen LogP contribution in [0.2, 0.25) is 0 Å². The predicted octanol–water partition coefficient (Wildman–Crippen LogP) is 2.97. The van der Waals surface area contributed by atoms with Crippen LogP contribution in [0.25, 0.3) is 0 Å². The van der Waals surface area contributed by atoms with Crippen molar-refractivity contribution in [3.05, 3.63) is 47.5 Å². The number of benzene rings is 2. The van der Waals surface area contributed by atoms with Gasteiger partial charge in [0.1, 0.15) is 0 Å². The Labute approximate surface area is 211 Å². The topological polar surface area (TPSA) is 100 Å². The number of piperidine rings is 1. The van der Waals surface area contributed by atoms with Crippen LogP contribution in [-0.4, -0.2) is 61.2 Å². The zero-order valence-electron chi connectivity index (χ0n) is 19.8. The number of fused-ring (bicyclic) bond motifs is 6. The monoisotopic (exact) mass is 501 g/mol. The fraction of sp³-hybridized carbons (Fsp3) is 0.462. The maximum Gasteiger partial charge on any atom is 0.225 e. The fourth-order valence-electron chi connectivity index (χ4n) is 5.25. The number of aromatic hydroxyl groups is 1. The van der Waals surface area contributed by atoms with Gasteiger partial charge in [0, 0.05) is 31.3 Å². The molecule has 35 heavy (non-hydrogen) atoms. The Balaban J connectivity index is 0.00000289. The number of nitrogens with one attached hydrogen (secondary N) is 2. The minimum atomic E-state index is -0.184. The molecule has 2 aromatic carbocycles. The molecule has 0 aromatic heterocycles. The number of ether oxygens (including phenoxy) is 2. The Hall–Kier alpha value is -2.97. The van der Waals surface area contributed by atoms with Gasteiger partial charge in [0.05, 0.1) is 13.2 Å². The lowest BCUT2D eigenvalue weighted by Crippen LogP contribution is -2.43. The van der Waals surface area contributed by atoms with Gasteiger partial charge in [-0.2, -0.15) is 0 Å². The van der Waals surface area contributed by atoms with Crippen LogP contribution in [0.3, 0.4) is 0 Å². The molecule has 8 nitrogen and oxygen atoms in total. The van der Waals surface area contributed by atoms with Crippen molar-refractivity contribution < 1.29 is 24.2 Å². The van der Waals surface area contributed by atoms with E-state index in [2.05, 4.69) is 10.6 Å². The summed E-state index contributed by atoms with van der Waals surface area (Å²) < 4.78 is 11.6. The summed E-state index contributed by atoms with van der Waals surface area (Å²) in [6.45, 7) is 2.76. The van der Waals surface area contributed by atoms with E-state index in [9.17, 15) is 14.7 Å². The van der Waals surface area contributed by atoms with E-state index in [1.807, 2.05) is 23.1 Å². The average molecular weight is 502 g/mol. The second kappa shape index (κ2) is 10.7. The molecule has 2 saturated heterocycles. The second-order valence-corrected chi connectivity index (χ2v) is 9.36. The Morgan fingerprint density at radius 3 is 2.66 bits per heavy atom. The molecule has 3 aliphatic heterocycles. The number of hydrogen-bond donors (Lipinski definition) is 3. The summed E-state index contributed by atoms with van der Waals surface area (Å²) in [5, 5.41) is 16.9. The van der Waals surface area contributed by atoms with Crippen molar-refractivity contribution in [2.45, 2.75) is 37.6 Å². The lowest BCUT2D eigenvalue weighted by Gasteiger charge is -2.26. The molecule has 0 aliphatic carbocycles. The van der Waals surface area contributed by atoms with E-state index < -0.39 is 0 Å². The third-order valence-electron chi connectivity index (χ3n) is 7.17. The number of carbonyl (C=O) groups excluding carboxylic acids is 2. The summed E-state index contributed by atoms with van der Waals surface area (Å²) in [6, 6.07) is 10.6. The van der Waals surface area contributed by atoms with Gasteiger partial charge in [-0.3, -0.25) is 9.59 Å². The van der Waals surface area contributed by atoms with Gasteiger partial charge in [-0.1, -0.05) is 12.1 Å². The molecule has 0 radical (unpaired) electrons. The fourth-order valence-corrected chi connectivity index (χ4v) is 5.25. The van der Waals surface area contributed by atoms with Crippen LogP contribution in [0.4, 0.5) is 0 Å². The van der Waals surface area contributed by atoms with Crippen LogP contribution >= 0.6 is 12.4 Å². The number of methoxy groups -OCH3 is 1. The molecular formula is C26H32ClN3O5. The summed E-state index contributed by atoms with van der Waals surface area (Å²) in [5.74, 6) is 1.46. The third kappa shape index (κ3) is 5.33. The summed E-state index contributed by atoms with van der Waals surface area (Å²) in [6.07, 6.45) is 2.53. The Morgan fingerprint density at radius 1 is 1.09 bits per heavy atom. The Kier molecular flexibility index (Phi) is 7.72. The first-order chi connectivity index (χ1) is 16.5. The maximum atomic E-state index is 13.3. The van der Waals surface area contributed by atoms with Crippen LogP contribution in [0.1, 0.15) is 36.3 Å². The highest BCUT2D eigenvalue weighted by atomic mass is 35.5. The largest absolute Gasteiger partial charge is 0.504 e. The number of amides is 2. The number of phenols is 1. The first-order valence-corrected chi connectivity index (χ1v) is 12.0. The minimum absolute atomic E-state index is 0. The van der Waals surface area contributed by atoms with Gasteiger partial charge in [-0.05, 0) is 67.7 Å². The van der Waals surface area contributed by atoms with Gasteiger partial charge < -0.3 is 30.1 Å². The van der Waals surface area contributed by atoms with Crippen molar-refractivity contribution in [3.8, 4) is 23.0 Å². The van der Waals surface area contributed by atoms with Crippen LogP contribution in [0.5, 0.6) is 23.0 Å². The van der Waals surface area contributed by atoms with Gasteiger partial charge in [0.2, 0.25) is 11.8 Å². The number of nitrogens with zero attached hydrogens (tertiary/aromatic N) is 1. The van der Waals surface area contributed by atoms with E-state index in [1.54, 1.807) is 25.3 Å². The highest BCUT2D eigenvalue weighted by molar-refractivity contribution is 5.85. The van der Waals surface area contributed by atoms with Crippen LogP contribution in [0, 0.1) is 5.92 Å². The normalized spacial score (nSPS) is 22.3. The van der Waals surface area contributed by atoms with E-state index in [0.29, 0.717) is 43.2 Å². The van der Waals surface area contributed by atoms with Crippen molar-refractivity contribution in [1.29, 1.82) is 0 Å². The summed E-state index contributed by atoms with van der Waals surface area (Å²) in [7, 11) is 1.57. The molecule has 2 atom stereocenters. The second-order valence-electron chi connectivity index (χ2n) is 9.36. The molecule has 2 fully saturated rings. The van der Waals surface area contributed by atoms with Crippen molar-refractivity contribution in [3.63, 3.8) is 0 Å². The molecule has 0 spiro atoms. The zero-order valence-corrected chi connectivity index (χ0v) is 20.6. The zero-order chi connectivity index (χ0) is 23.7. The van der Waals surface area contributed by atoms with E-state index in [4.69, 9.17) is 9.47 Å². The number of phenolic OH excluding ortho intramolecular Hbond substituents is 1. The van der Waals surface area contributed by atoms with E-state index in [1.165, 1.54) is 0 Å². The smallest absolute Gasteiger partial charge is 0.225 e. The van der Waals surface area contributed by atoms with Gasteiger partial charge in [-0.15, -0.1) is 12.4 Å². The first-order valence-electron chi connectivity index (χ1n) is 12.0. The lowest BCUT2D eigenvalue weighted by molar-refractivity contribution is -0.135. The van der Waals surface area contributed by atoms with Crippen LogP contribution in [-0.2, 0) is 16.0 Å². The van der Waals surface area contributed by atoms with Crippen LogP contribution < -0.4 is 20.1 Å². The molecular weight excluding hydrogens is 470 g/mol. The molecule has 188 valence electrons. The van der Waals surface area contributed by atoms with E-state index in [-0.39, 0.29) is 47.8 Å². The third-order valence-corrected chi connectivity index (χ3v) is 7.17. The molecule has 4 bridgehead atoms. The lowest BCUT2D eigenvalue weighted by atomic mass is 9.93. The Bertz CT molecular complexity index is 1090. The van der Waals surface area contributed by atoms with Crippen molar-refractivity contribution in [1.82, 2.24) is 15.5 Å². The number of rotatable bonds is 2. The van der Waals surface area contributed by atoms with Gasteiger partial charge in [0.15, 0.2) is 23.0 Å². The highest BCUT2D eigenvalue weighted by Crippen LogP contribution is 2.40. The standard InChI is InChI=1S/C26H31N3O5.ClH/c1-33-22-6-4-18-13-24(22)34-23-12-16(2-5-21(23)30)3-7-25(31)28-20-15-29(14-19(18)20)26(32)17-8-10-27-11-9-17;/h2,4-6,12-13,17,19-20,27,30H,3,7-11,14-15H2,1H3,(H,28,31);1H/t19-,20+;/m0./s1. The summed E-state index contributed by atoms with van der Waals surface area (Å²) in [5.41, 5.74) is 1.85. The van der Waals surface area contributed by atoms with E-state index in [0.717, 1.165) is 37.1 Å². The Morgan fingerprint density at radius 2 is 1.89 bits per heavy atom. The van der Waals surface area contributed by atoms with Crippen molar-refractivity contribution in [2.75, 3.05) is 33.3 Å². The molecule has 2 aromatic rings. The molecule has 2 amide bonds. The first kappa shape index (κ1) is 25.1. The van der Waals surface area contributed by atoms with Gasteiger partial charge in [-0.25, -0.2) is 0 Å². The molecule has 0 saturated carbocycles. The highest BCUT2D eigenvalue weighted by Gasteiger charge is 2.39. The number of halogens is 1. The molecule has 5 rings (SSSR count). The van der Waals surface area contributed by atoms with E-state index >= 15 is 0 Å². The quantitative estimate of drug-likeness (QED) is 0.585. The van der Waals surface area contributed by atoms with Gasteiger partial charge >= 0.3 is 0 Å². The number of carbonyl (C=O) groups is 2. The SMILES string of the molecule is COc1ccc2cc1Oc1cc(ccc1O)CCC(=O)N[C@@H]1CN(C(=O)C3CCNCC3)C[C@@H]21.Cl. The average Bonchev–Trinajstić information content (AvgIpc) is 3.27. The molecule has 3 aliphatic rings. The number of aryl methyl sites for hydroxylation is 1. The summed E-state index contributed by atoms with van der Waals surface area (Å²) in [4.78, 5) is 28.1. The predicted molar refractivity (Wildman–Crippen MR) is 134 cm³/mol. The molecule has 9 heteroatoms. The molecule has 0 unspecified atom stereocenters. The summed E-state index contributed by atoms with van der Waals surface area (Å²) >= 11 is 0.